The van der Waals surface area contributed by atoms with Gasteiger partial charge >= 0.3 is 0 Å². The molecule has 2 heterocycles. The summed E-state index contributed by atoms with van der Waals surface area (Å²) in [7, 11) is -3.77. The van der Waals surface area contributed by atoms with E-state index in [1.54, 1.807) is 11.5 Å². The Morgan fingerprint density at radius 2 is 1.86 bits per heavy atom. The van der Waals surface area contributed by atoms with E-state index in [4.69, 9.17) is 12.2 Å². The fraction of sp³-hybridized carbons (Fsp3) is 0.130. The molecule has 0 saturated carbocycles. The van der Waals surface area contributed by atoms with E-state index in [1.807, 2.05) is 31.2 Å². The molecule has 180 valence electrons. The number of rotatable bonds is 8. The van der Waals surface area contributed by atoms with Gasteiger partial charge in [-0.15, -0.1) is 11.3 Å². The van der Waals surface area contributed by atoms with Crippen LogP contribution in [0.25, 0.3) is 6.08 Å². The molecule has 35 heavy (non-hydrogen) atoms. The maximum absolute atomic E-state index is 12.8. The van der Waals surface area contributed by atoms with Gasteiger partial charge in [-0.05, 0) is 42.8 Å². The van der Waals surface area contributed by atoms with E-state index in [1.165, 1.54) is 58.5 Å². The van der Waals surface area contributed by atoms with Gasteiger partial charge in [-0.25, -0.2) is 13.4 Å². The Morgan fingerprint density at radius 1 is 1.14 bits per heavy atom. The zero-order chi connectivity index (χ0) is 25.0. The maximum Gasteiger partial charge on any atom is 0.266 e. The Balaban J connectivity index is 1.32. The average Bonchev–Trinajstić information content (AvgIpc) is 3.41. The maximum atomic E-state index is 12.8. The van der Waals surface area contributed by atoms with Crippen molar-refractivity contribution in [2.45, 2.75) is 18.2 Å². The third-order valence-electron chi connectivity index (χ3n) is 4.91. The highest BCUT2D eigenvalue weighted by Crippen LogP contribution is 2.32. The van der Waals surface area contributed by atoms with Crippen molar-refractivity contribution in [3.8, 4) is 0 Å². The zero-order valence-electron chi connectivity index (χ0n) is 18.4. The summed E-state index contributed by atoms with van der Waals surface area (Å²) in [4.78, 5) is 31.1. The molecule has 1 saturated heterocycles. The summed E-state index contributed by atoms with van der Waals surface area (Å²) in [6.07, 6.45) is 3.33. The third-order valence-corrected chi connectivity index (χ3v) is 8.46. The number of hydrogen-bond acceptors (Lipinski definition) is 8. The lowest BCUT2D eigenvalue weighted by Gasteiger charge is -2.14. The fourth-order valence-electron chi connectivity index (χ4n) is 3.11. The van der Waals surface area contributed by atoms with Gasteiger partial charge in [-0.1, -0.05) is 53.8 Å². The normalized spacial score (nSPS) is 15.0. The van der Waals surface area contributed by atoms with Crippen LogP contribution in [0.4, 0.5) is 10.8 Å². The highest BCUT2D eigenvalue weighted by atomic mass is 32.2. The summed E-state index contributed by atoms with van der Waals surface area (Å²) in [5.74, 6) is -0.547. The van der Waals surface area contributed by atoms with Gasteiger partial charge < -0.3 is 5.32 Å². The minimum absolute atomic E-state index is 0.0376. The van der Waals surface area contributed by atoms with Crippen LogP contribution in [0, 0.1) is 6.92 Å². The number of thiazole rings is 1. The molecule has 8 nitrogen and oxygen atoms in total. The number of carbonyl (C=O) groups is 2. The molecule has 0 radical (unpaired) electrons. The molecule has 2 aromatic carbocycles. The number of amides is 2. The van der Waals surface area contributed by atoms with Gasteiger partial charge in [0.05, 0.1) is 9.80 Å². The zero-order valence-corrected chi connectivity index (χ0v) is 21.7. The van der Waals surface area contributed by atoms with Crippen LogP contribution in [0.1, 0.15) is 17.5 Å². The van der Waals surface area contributed by atoms with E-state index in [0.29, 0.717) is 14.9 Å². The van der Waals surface area contributed by atoms with Crippen LogP contribution in [0.2, 0.25) is 0 Å². The smallest absolute Gasteiger partial charge is 0.266 e. The second-order valence-corrected chi connectivity index (χ2v) is 11.8. The molecule has 12 heteroatoms. The number of aromatic nitrogens is 1. The Bertz CT molecular complexity index is 1380. The number of benzene rings is 2. The van der Waals surface area contributed by atoms with Crippen LogP contribution in [0.3, 0.4) is 0 Å². The van der Waals surface area contributed by atoms with Crippen molar-refractivity contribution in [1.82, 2.24) is 9.88 Å². The van der Waals surface area contributed by atoms with Crippen LogP contribution >= 0.6 is 35.3 Å². The van der Waals surface area contributed by atoms with Crippen LogP contribution in [-0.2, 0) is 19.6 Å². The molecule has 0 aliphatic carbocycles. The molecular formula is C23H20N4O4S4. The molecule has 0 unspecified atom stereocenters. The van der Waals surface area contributed by atoms with E-state index in [-0.39, 0.29) is 34.8 Å². The van der Waals surface area contributed by atoms with Gasteiger partial charge in [0, 0.05) is 30.2 Å². The molecule has 4 rings (SSSR count). The Morgan fingerprint density at radius 3 is 2.51 bits per heavy atom. The number of sulfonamides is 1. The predicted molar refractivity (Wildman–Crippen MR) is 144 cm³/mol. The minimum atomic E-state index is -3.77. The number of thioether (sulfide) groups is 1. The lowest BCUT2D eigenvalue weighted by molar-refractivity contribution is -0.122. The Kier molecular flexibility index (Phi) is 7.65. The summed E-state index contributed by atoms with van der Waals surface area (Å²) in [5, 5.41) is 4.64. The number of hydrogen-bond donors (Lipinski definition) is 2. The van der Waals surface area contributed by atoms with E-state index in [9.17, 15) is 18.0 Å². The first-order chi connectivity index (χ1) is 16.7. The Hall–Kier alpha value is -3.06. The van der Waals surface area contributed by atoms with E-state index >= 15 is 0 Å². The van der Waals surface area contributed by atoms with Crippen LogP contribution in [0.5, 0.6) is 0 Å². The van der Waals surface area contributed by atoms with Gasteiger partial charge in [0.2, 0.25) is 5.91 Å². The highest BCUT2D eigenvalue weighted by Gasteiger charge is 2.32. The van der Waals surface area contributed by atoms with Crippen molar-refractivity contribution in [2.24, 2.45) is 0 Å². The molecule has 2 amide bonds. The van der Waals surface area contributed by atoms with Gasteiger partial charge in [-0.2, -0.15) is 0 Å². The van der Waals surface area contributed by atoms with Crippen LogP contribution in [-0.4, -0.2) is 41.0 Å². The first-order valence-electron chi connectivity index (χ1n) is 10.4. The first-order valence-corrected chi connectivity index (χ1v) is 13.9. The molecule has 0 spiro atoms. The van der Waals surface area contributed by atoms with Crippen LogP contribution < -0.4 is 10.0 Å². The number of nitrogens with one attached hydrogen (secondary N) is 2. The van der Waals surface area contributed by atoms with E-state index in [0.717, 1.165) is 11.1 Å². The van der Waals surface area contributed by atoms with Crippen molar-refractivity contribution in [2.75, 3.05) is 16.6 Å². The van der Waals surface area contributed by atoms with Crippen molar-refractivity contribution in [3.05, 3.63) is 76.1 Å². The third kappa shape index (κ3) is 6.34. The summed E-state index contributed by atoms with van der Waals surface area (Å²) < 4.78 is 27.6. The molecule has 1 fully saturated rings. The van der Waals surface area contributed by atoms with Crippen molar-refractivity contribution in [3.63, 3.8) is 0 Å². The molecule has 0 bridgehead atoms. The van der Waals surface area contributed by atoms with Gasteiger partial charge in [0.15, 0.2) is 5.13 Å². The molecule has 0 atom stereocenters. The summed E-state index contributed by atoms with van der Waals surface area (Å²) >= 11 is 7.72. The monoisotopic (exact) mass is 544 g/mol. The van der Waals surface area contributed by atoms with E-state index in [2.05, 4.69) is 15.0 Å². The second-order valence-electron chi connectivity index (χ2n) is 7.51. The van der Waals surface area contributed by atoms with Crippen molar-refractivity contribution >= 4 is 78.4 Å². The predicted octanol–water partition coefficient (Wildman–Crippen LogP) is 4.48. The summed E-state index contributed by atoms with van der Waals surface area (Å²) in [5.41, 5.74) is 2.47. The van der Waals surface area contributed by atoms with E-state index < -0.39 is 10.0 Å². The number of nitrogens with zero attached hydrogens (tertiary/aromatic N) is 2. The largest absolute Gasteiger partial charge is 0.326 e. The molecule has 1 aliphatic rings. The SMILES string of the molecule is Cc1ccc(/C=C2/SC(=S)N(CCC(=O)Nc3ccc(S(=O)(=O)Nc4nccs4)cc3)C2=O)cc1. The molecule has 2 N–H and O–H groups in total. The fourth-order valence-corrected chi connectivity index (χ4v) is 6.21. The number of thiocarbonyl (C=S) groups is 1. The van der Waals surface area contributed by atoms with Crippen LogP contribution in [0.15, 0.2) is 69.9 Å². The Labute approximate surface area is 216 Å². The minimum Gasteiger partial charge on any atom is -0.326 e. The molecule has 3 aromatic rings. The van der Waals surface area contributed by atoms with Crippen molar-refractivity contribution in [1.29, 1.82) is 0 Å². The lowest BCUT2D eigenvalue weighted by Crippen LogP contribution is -2.31. The first kappa shape index (κ1) is 25.0. The number of anilines is 2. The number of carbonyl (C=O) groups excluding carboxylic acids is 2. The summed E-state index contributed by atoms with van der Waals surface area (Å²) in [6, 6.07) is 13.6. The quantitative estimate of drug-likeness (QED) is 0.318. The lowest BCUT2D eigenvalue weighted by atomic mass is 10.1. The molecular weight excluding hydrogens is 525 g/mol. The summed E-state index contributed by atoms with van der Waals surface area (Å²) in [6.45, 7) is 2.14. The van der Waals surface area contributed by atoms with Gasteiger partial charge in [-0.3, -0.25) is 19.2 Å². The second kappa shape index (κ2) is 10.7. The topological polar surface area (TPSA) is 108 Å². The molecule has 1 aromatic heterocycles. The van der Waals surface area contributed by atoms with Gasteiger partial charge in [0.1, 0.15) is 4.32 Å². The average molecular weight is 545 g/mol. The highest BCUT2D eigenvalue weighted by molar-refractivity contribution is 8.26. The standard InChI is InChI=1S/C23H20N4O4S4/c1-15-2-4-16(5-3-15)14-19-21(29)27(23(32)34-19)12-10-20(28)25-17-6-8-18(9-7-17)35(30,31)26-22-24-11-13-33-22/h2-9,11,13-14H,10,12H2,1H3,(H,24,26)(H,25,28)/b19-14+. The van der Waals surface area contributed by atoms with Gasteiger partial charge in [0.25, 0.3) is 15.9 Å². The van der Waals surface area contributed by atoms with Crippen molar-refractivity contribution < 1.29 is 18.0 Å². The number of aryl methyl sites for hydroxylation is 1. The molecule has 1 aliphatic heterocycles.